The number of carbonyl (C=O) groups is 2. The molecule has 2 fully saturated rings. The predicted octanol–water partition coefficient (Wildman–Crippen LogP) is 3.09. The lowest BCUT2D eigenvalue weighted by Crippen LogP contribution is -2.38. The molecule has 0 bridgehead atoms. The van der Waals surface area contributed by atoms with Crippen molar-refractivity contribution < 1.29 is 14.3 Å². The van der Waals surface area contributed by atoms with Crippen molar-refractivity contribution in [3.63, 3.8) is 0 Å². The number of carbonyl (C=O) groups excluding carboxylic acids is 2. The van der Waals surface area contributed by atoms with Crippen LogP contribution in [0.1, 0.15) is 29.6 Å². The average Bonchev–Trinajstić information content (AvgIpc) is 3.41. The zero-order valence-electron chi connectivity index (χ0n) is 13.6. The number of rotatable bonds is 3. The Hall–Kier alpha value is -1.46. The van der Waals surface area contributed by atoms with Crippen LogP contribution in [0.4, 0.5) is 0 Å². The number of halogens is 2. The molecule has 1 saturated heterocycles. The van der Waals surface area contributed by atoms with E-state index in [-0.39, 0.29) is 17.7 Å². The van der Waals surface area contributed by atoms with Crippen molar-refractivity contribution in [2.24, 2.45) is 5.92 Å². The smallest absolute Gasteiger partial charge is 0.255 e. The molecule has 2 amide bonds. The van der Waals surface area contributed by atoms with Gasteiger partial charge in [-0.3, -0.25) is 9.59 Å². The molecule has 0 atom stereocenters. The summed E-state index contributed by atoms with van der Waals surface area (Å²) in [5.41, 5.74) is 0.365. The third-order valence-electron chi connectivity index (χ3n) is 4.49. The largest absolute Gasteiger partial charge is 0.495 e. The van der Waals surface area contributed by atoms with E-state index in [1.165, 1.54) is 7.11 Å². The van der Waals surface area contributed by atoms with Gasteiger partial charge in [-0.05, 0) is 25.3 Å². The van der Waals surface area contributed by atoms with Gasteiger partial charge < -0.3 is 14.5 Å². The maximum absolute atomic E-state index is 12.8. The van der Waals surface area contributed by atoms with Gasteiger partial charge in [0, 0.05) is 38.2 Å². The minimum absolute atomic E-state index is 0.162. The molecule has 1 heterocycles. The Labute approximate surface area is 151 Å². The van der Waals surface area contributed by atoms with Crippen molar-refractivity contribution >= 4 is 35.0 Å². The first-order valence-electron chi connectivity index (χ1n) is 8.12. The molecule has 130 valence electrons. The first kappa shape index (κ1) is 17.4. The number of amides is 2. The highest BCUT2D eigenvalue weighted by Crippen LogP contribution is 2.33. The van der Waals surface area contributed by atoms with Crippen molar-refractivity contribution in [1.29, 1.82) is 0 Å². The Balaban J connectivity index is 1.71. The van der Waals surface area contributed by atoms with Gasteiger partial charge in [0.15, 0.2) is 0 Å². The molecule has 1 aromatic carbocycles. The zero-order valence-corrected chi connectivity index (χ0v) is 15.1. The Morgan fingerprint density at radius 3 is 2.38 bits per heavy atom. The lowest BCUT2D eigenvalue weighted by atomic mass is 10.1. The molecular weight excluding hydrogens is 351 g/mol. The molecule has 1 aliphatic heterocycles. The van der Waals surface area contributed by atoms with Gasteiger partial charge in [-0.2, -0.15) is 0 Å². The SMILES string of the molecule is COc1cc(Cl)c(C(=O)N2CCCN(C(=O)C3CC3)CC2)cc1Cl. The molecule has 1 aromatic rings. The minimum Gasteiger partial charge on any atom is -0.495 e. The third-order valence-corrected chi connectivity index (χ3v) is 5.10. The molecule has 0 N–H and O–H groups in total. The Morgan fingerprint density at radius 1 is 1.04 bits per heavy atom. The summed E-state index contributed by atoms with van der Waals surface area (Å²) in [5.74, 6) is 0.720. The fourth-order valence-corrected chi connectivity index (χ4v) is 3.42. The number of nitrogens with zero attached hydrogens (tertiary/aromatic N) is 2. The van der Waals surface area contributed by atoms with Crippen LogP contribution in [-0.4, -0.2) is 54.9 Å². The van der Waals surface area contributed by atoms with Gasteiger partial charge in [0.1, 0.15) is 5.75 Å². The molecule has 2 aliphatic rings. The van der Waals surface area contributed by atoms with Gasteiger partial charge in [0.05, 0.1) is 22.7 Å². The van der Waals surface area contributed by atoms with Gasteiger partial charge in [-0.15, -0.1) is 0 Å². The number of hydrogen-bond donors (Lipinski definition) is 0. The van der Waals surface area contributed by atoms with Crippen molar-refractivity contribution in [3.8, 4) is 5.75 Å². The summed E-state index contributed by atoms with van der Waals surface area (Å²) < 4.78 is 5.11. The van der Waals surface area contributed by atoms with Crippen LogP contribution in [0, 0.1) is 5.92 Å². The van der Waals surface area contributed by atoms with Crippen LogP contribution in [0.5, 0.6) is 5.75 Å². The van der Waals surface area contributed by atoms with E-state index in [2.05, 4.69) is 0 Å². The Kier molecular flexibility index (Phi) is 5.21. The summed E-state index contributed by atoms with van der Waals surface area (Å²) in [6, 6.07) is 3.10. The molecule has 0 radical (unpaired) electrons. The van der Waals surface area contributed by atoms with Gasteiger partial charge in [-0.1, -0.05) is 23.2 Å². The van der Waals surface area contributed by atoms with Crippen LogP contribution < -0.4 is 4.74 Å². The van der Waals surface area contributed by atoms with Crippen LogP contribution >= 0.6 is 23.2 Å². The van der Waals surface area contributed by atoms with Crippen molar-refractivity contribution in [3.05, 3.63) is 27.7 Å². The lowest BCUT2D eigenvalue weighted by Gasteiger charge is -2.23. The highest BCUT2D eigenvalue weighted by molar-refractivity contribution is 6.36. The maximum Gasteiger partial charge on any atom is 0.255 e. The van der Waals surface area contributed by atoms with E-state index in [9.17, 15) is 9.59 Å². The van der Waals surface area contributed by atoms with E-state index < -0.39 is 0 Å². The molecular formula is C17H20Cl2N2O3. The van der Waals surface area contributed by atoms with Gasteiger partial charge in [-0.25, -0.2) is 0 Å². The summed E-state index contributed by atoms with van der Waals surface area (Å²) in [7, 11) is 1.50. The van der Waals surface area contributed by atoms with Gasteiger partial charge >= 0.3 is 0 Å². The summed E-state index contributed by atoms with van der Waals surface area (Å²) >= 11 is 12.3. The Morgan fingerprint density at radius 2 is 1.71 bits per heavy atom. The number of benzene rings is 1. The van der Waals surface area contributed by atoms with Crippen LogP contribution in [0.25, 0.3) is 0 Å². The fourth-order valence-electron chi connectivity index (χ4n) is 2.95. The van der Waals surface area contributed by atoms with Gasteiger partial charge in [0.25, 0.3) is 5.91 Å². The normalized spacial score (nSPS) is 18.3. The maximum atomic E-state index is 12.8. The summed E-state index contributed by atoms with van der Waals surface area (Å²) in [4.78, 5) is 28.6. The second kappa shape index (κ2) is 7.19. The number of hydrogen-bond acceptors (Lipinski definition) is 3. The van der Waals surface area contributed by atoms with Gasteiger partial charge in [0.2, 0.25) is 5.91 Å². The number of ether oxygens (including phenoxy) is 1. The molecule has 7 heteroatoms. The van der Waals surface area contributed by atoms with E-state index in [1.54, 1.807) is 17.0 Å². The predicted molar refractivity (Wildman–Crippen MR) is 92.8 cm³/mol. The highest BCUT2D eigenvalue weighted by atomic mass is 35.5. The summed E-state index contributed by atoms with van der Waals surface area (Å²) in [6.07, 6.45) is 2.77. The lowest BCUT2D eigenvalue weighted by molar-refractivity contribution is -0.132. The standard InChI is InChI=1S/C17H20Cl2N2O3/c1-24-15-10-13(18)12(9-14(15)19)17(23)21-6-2-5-20(7-8-21)16(22)11-3-4-11/h9-11H,2-8H2,1H3. The second-order valence-corrected chi connectivity index (χ2v) is 7.03. The van der Waals surface area contributed by atoms with E-state index in [1.807, 2.05) is 4.90 Å². The highest BCUT2D eigenvalue weighted by Gasteiger charge is 2.34. The number of methoxy groups -OCH3 is 1. The van der Waals surface area contributed by atoms with Crippen LogP contribution in [-0.2, 0) is 4.79 Å². The topological polar surface area (TPSA) is 49.9 Å². The average molecular weight is 371 g/mol. The first-order chi connectivity index (χ1) is 11.5. The molecule has 1 aliphatic carbocycles. The third kappa shape index (κ3) is 3.62. The van der Waals surface area contributed by atoms with Crippen molar-refractivity contribution in [1.82, 2.24) is 9.80 Å². The fraction of sp³-hybridized carbons (Fsp3) is 0.529. The summed E-state index contributed by atoms with van der Waals surface area (Å²) in [5, 5.41) is 0.669. The first-order valence-corrected chi connectivity index (χ1v) is 8.88. The molecule has 3 rings (SSSR count). The Bertz CT molecular complexity index is 661. The van der Waals surface area contributed by atoms with Crippen LogP contribution in [0.15, 0.2) is 12.1 Å². The van der Waals surface area contributed by atoms with E-state index in [0.29, 0.717) is 47.5 Å². The monoisotopic (exact) mass is 370 g/mol. The second-order valence-electron chi connectivity index (χ2n) is 6.21. The quantitative estimate of drug-likeness (QED) is 0.821. The molecule has 1 saturated carbocycles. The van der Waals surface area contributed by atoms with E-state index in [4.69, 9.17) is 27.9 Å². The molecule has 0 unspecified atom stereocenters. The summed E-state index contributed by atoms with van der Waals surface area (Å²) in [6.45, 7) is 2.39. The van der Waals surface area contributed by atoms with E-state index >= 15 is 0 Å². The molecule has 0 aromatic heterocycles. The molecule has 5 nitrogen and oxygen atoms in total. The molecule has 24 heavy (non-hydrogen) atoms. The minimum atomic E-state index is -0.162. The van der Waals surface area contributed by atoms with Crippen molar-refractivity contribution in [2.75, 3.05) is 33.3 Å². The van der Waals surface area contributed by atoms with Crippen LogP contribution in [0.3, 0.4) is 0 Å². The zero-order chi connectivity index (χ0) is 17.3. The van der Waals surface area contributed by atoms with Crippen LogP contribution in [0.2, 0.25) is 10.0 Å². The van der Waals surface area contributed by atoms with E-state index in [0.717, 1.165) is 19.3 Å². The van der Waals surface area contributed by atoms with Crippen molar-refractivity contribution in [2.45, 2.75) is 19.3 Å². The molecule has 0 spiro atoms.